The lowest BCUT2D eigenvalue weighted by molar-refractivity contribution is -0.188. The van der Waals surface area contributed by atoms with Crippen LogP contribution in [-0.2, 0) is 0 Å². The Labute approximate surface area is 129 Å². The maximum absolute atomic E-state index is 13.8. The minimum Gasteiger partial charge on any atom is -0.314 e. The number of benzene rings is 1. The number of hydrogen-bond acceptors (Lipinski definition) is 2. The van der Waals surface area contributed by atoms with Crippen LogP contribution in [0.1, 0.15) is 11.6 Å². The smallest absolute Gasteiger partial charge is 0.314 e. The van der Waals surface area contributed by atoms with E-state index in [0.29, 0.717) is 17.6 Å². The summed E-state index contributed by atoms with van der Waals surface area (Å²) in [6, 6.07) is 1.80. The number of nitrogens with zero attached hydrogens (tertiary/aromatic N) is 1. The van der Waals surface area contributed by atoms with E-state index in [1.54, 1.807) is 0 Å². The van der Waals surface area contributed by atoms with Gasteiger partial charge in [-0.3, -0.25) is 4.90 Å². The summed E-state index contributed by atoms with van der Waals surface area (Å²) in [6.45, 7) is 1.45. The Morgan fingerprint density at radius 1 is 1.20 bits per heavy atom. The van der Waals surface area contributed by atoms with E-state index >= 15 is 0 Å². The standard InChI is InChI=1S/C12H13BrF4N2.ClH/c13-8-1-2-9(10(14)7-8)11(12(15,16)17)19-5-3-18-4-6-19;/h1-2,7,11,18H,3-6H2;1H/t11-;/m1./s1. The van der Waals surface area contributed by atoms with Crippen LogP contribution in [0.15, 0.2) is 22.7 Å². The van der Waals surface area contributed by atoms with Crippen LogP contribution in [0.25, 0.3) is 0 Å². The minimum absolute atomic E-state index is 0. The average Bonchev–Trinajstić information content (AvgIpc) is 2.32. The normalized spacial score (nSPS) is 18.4. The van der Waals surface area contributed by atoms with Gasteiger partial charge >= 0.3 is 6.18 Å². The van der Waals surface area contributed by atoms with Gasteiger partial charge in [-0.2, -0.15) is 13.2 Å². The van der Waals surface area contributed by atoms with Crippen LogP contribution in [0.5, 0.6) is 0 Å². The molecule has 1 saturated heterocycles. The van der Waals surface area contributed by atoms with Crippen molar-refractivity contribution < 1.29 is 17.6 Å². The first kappa shape index (κ1) is 17.7. The molecule has 1 fully saturated rings. The molecule has 0 amide bonds. The second-order valence-electron chi connectivity index (χ2n) is 4.40. The van der Waals surface area contributed by atoms with Crippen LogP contribution in [-0.4, -0.2) is 37.3 Å². The Kier molecular flexibility index (Phi) is 6.25. The molecule has 0 spiro atoms. The summed E-state index contributed by atoms with van der Waals surface area (Å²) in [4.78, 5) is 1.27. The molecule has 0 radical (unpaired) electrons. The molecule has 2 rings (SSSR count). The summed E-state index contributed by atoms with van der Waals surface area (Å²) in [5.41, 5.74) is -0.322. The molecular formula is C12H14BrClF4N2. The highest BCUT2D eigenvalue weighted by atomic mass is 79.9. The number of rotatable bonds is 2. The molecule has 0 bridgehead atoms. The summed E-state index contributed by atoms with van der Waals surface area (Å²) in [5.74, 6) is -0.838. The van der Waals surface area contributed by atoms with Crippen molar-refractivity contribution in [2.75, 3.05) is 26.2 Å². The molecule has 2 nitrogen and oxygen atoms in total. The Morgan fingerprint density at radius 2 is 1.80 bits per heavy atom. The minimum atomic E-state index is -4.49. The second kappa shape index (κ2) is 7.06. The highest BCUT2D eigenvalue weighted by Gasteiger charge is 2.46. The van der Waals surface area contributed by atoms with Crippen molar-refractivity contribution in [3.63, 3.8) is 0 Å². The molecule has 1 N–H and O–H groups in total. The van der Waals surface area contributed by atoms with Crippen molar-refractivity contribution in [1.82, 2.24) is 10.2 Å². The van der Waals surface area contributed by atoms with Crippen molar-refractivity contribution in [2.24, 2.45) is 0 Å². The molecule has 0 aromatic heterocycles. The third-order valence-corrected chi connectivity index (χ3v) is 3.58. The molecule has 1 heterocycles. The van der Waals surface area contributed by atoms with Crippen LogP contribution in [0.4, 0.5) is 17.6 Å². The van der Waals surface area contributed by atoms with Crippen molar-refractivity contribution in [3.05, 3.63) is 34.1 Å². The average molecular weight is 378 g/mol. The third kappa shape index (κ3) is 4.07. The first-order valence-corrected chi connectivity index (χ1v) is 6.65. The molecule has 0 unspecified atom stereocenters. The van der Waals surface area contributed by atoms with Gasteiger partial charge in [0.2, 0.25) is 0 Å². The Balaban J connectivity index is 0.00000200. The van der Waals surface area contributed by atoms with Crippen LogP contribution in [0, 0.1) is 5.82 Å². The predicted octanol–water partition coefficient (Wildman–Crippen LogP) is 3.52. The SMILES string of the molecule is Cl.Fc1cc(Br)ccc1[C@@H](N1CCNCC1)C(F)(F)F. The summed E-state index contributed by atoms with van der Waals surface area (Å²) in [6.07, 6.45) is -4.49. The lowest BCUT2D eigenvalue weighted by Crippen LogP contribution is -2.49. The molecular weight excluding hydrogens is 363 g/mol. The van der Waals surface area contributed by atoms with E-state index in [-0.39, 0.29) is 31.1 Å². The van der Waals surface area contributed by atoms with Gasteiger partial charge in [0.05, 0.1) is 0 Å². The molecule has 0 saturated carbocycles. The molecule has 1 atom stereocenters. The van der Waals surface area contributed by atoms with Crippen LogP contribution in [0.3, 0.4) is 0 Å². The summed E-state index contributed by atoms with van der Waals surface area (Å²) >= 11 is 3.05. The largest absolute Gasteiger partial charge is 0.408 e. The lowest BCUT2D eigenvalue weighted by Gasteiger charge is -2.36. The number of nitrogens with one attached hydrogen (secondary N) is 1. The van der Waals surface area contributed by atoms with E-state index in [2.05, 4.69) is 21.2 Å². The highest BCUT2D eigenvalue weighted by Crippen LogP contribution is 2.39. The van der Waals surface area contributed by atoms with Crippen molar-refractivity contribution in [1.29, 1.82) is 0 Å². The Morgan fingerprint density at radius 3 is 2.30 bits per heavy atom. The fourth-order valence-corrected chi connectivity index (χ4v) is 2.58. The zero-order chi connectivity index (χ0) is 14.0. The van der Waals surface area contributed by atoms with Crippen molar-refractivity contribution in [3.8, 4) is 0 Å². The molecule has 1 aliphatic heterocycles. The van der Waals surface area contributed by atoms with Gasteiger partial charge in [-0.25, -0.2) is 4.39 Å². The maximum atomic E-state index is 13.8. The van der Waals surface area contributed by atoms with Crippen LogP contribution in [0.2, 0.25) is 0 Å². The van der Waals surface area contributed by atoms with Crippen molar-refractivity contribution >= 4 is 28.3 Å². The second-order valence-corrected chi connectivity index (χ2v) is 5.31. The first-order valence-electron chi connectivity index (χ1n) is 5.86. The first-order chi connectivity index (χ1) is 8.89. The van der Waals surface area contributed by atoms with Gasteiger partial charge < -0.3 is 5.32 Å². The molecule has 1 aromatic carbocycles. The van der Waals surface area contributed by atoms with Crippen LogP contribution >= 0.6 is 28.3 Å². The van der Waals surface area contributed by atoms with E-state index in [0.717, 1.165) is 6.07 Å². The molecule has 0 aliphatic carbocycles. The highest BCUT2D eigenvalue weighted by molar-refractivity contribution is 9.10. The number of hydrogen-bond donors (Lipinski definition) is 1. The van der Waals surface area contributed by atoms with E-state index < -0.39 is 18.0 Å². The molecule has 1 aliphatic rings. The summed E-state index contributed by atoms with van der Waals surface area (Å²) < 4.78 is 53.9. The lowest BCUT2D eigenvalue weighted by atomic mass is 10.0. The van der Waals surface area contributed by atoms with Gasteiger partial charge in [-0.1, -0.05) is 22.0 Å². The fraction of sp³-hybridized carbons (Fsp3) is 0.500. The Bertz CT molecular complexity index is 450. The van der Waals surface area contributed by atoms with Gasteiger partial charge in [-0.15, -0.1) is 12.4 Å². The molecule has 1 aromatic rings. The summed E-state index contributed by atoms with van der Waals surface area (Å²) in [7, 11) is 0. The monoisotopic (exact) mass is 376 g/mol. The number of halogens is 6. The van der Waals surface area contributed by atoms with Gasteiger partial charge in [0.25, 0.3) is 0 Å². The van der Waals surface area contributed by atoms with Gasteiger partial charge in [0.15, 0.2) is 0 Å². The van der Waals surface area contributed by atoms with Crippen molar-refractivity contribution in [2.45, 2.75) is 12.2 Å². The van der Waals surface area contributed by atoms with Gasteiger partial charge in [0, 0.05) is 36.2 Å². The summed E-state index contributed by atoms with van der Waals surface area (Å²) in [5, 5.41) is 2.99. The molecule has 8 heteroatoms. The Hall–Kier alpha value is -0.370. The fourth-order valence-electron chi connectivity index (χ4n) is 2.24. The topological polar surface area (TPSA) is 15.3 Å². The predicted molar refractivity (Wildman–Crippen MR) is 74.6 cm³/mol. The van der Waals surface area contributed by atoms with Crippen LogP contribution < -0.4 is 5.32 Å². The maximum Gasteiger partial charge on any atom is 0.408 e. The quantitative estimate of drug-likeness (QED) is 0.794. The number of alkyl halides is 3. The van der Waals surface area contributed by atoms with Gasteiger partial charge in [-0.05, 0) is 12.1 Å². The van der Waals surface area contributed by atoms with E-state index in [9.17, 15) is 17.6 Å². The molecule has 20 heavy (non-hydrogen) atoms. The zero-order valence-electron chi connectivity index (χ0n) is 10.4. The third-order valence-electron chi connectivity index (χ3n) is 3.08. The molecule has 114 valence electrons. The van der Waals surface area contributed by atoms with Gasteiger partial charge in [0.1, 0.15) is 11.9 Å². The number of piperazine rings is 1. The van der Waals surface area contributed by atoms with E-state index in [1.807, 2.05) is 0 Å². The van der Waals surface area contributed by atoms with E-state index in [4.69, 9.17) is 0 Å². The zero-order valence-corrected chi connectivity index (χ0v) is 12.8. The van der Waals surface area contributed by atoms with E-state index in [1.165, 1.54) is 17.0 Å².